The summed E-state index contributed by atoms with van der Waals surface area (Å²) in [5.74, 6) is 1.12. The van der Waals surface area contributed by atoms with Crippen molar-refractivity contribution in [2.24, 2.45) is 0 Å². The molecule has 2 heterocycles. The predicted octanol–water partition coefficient (Wildman–Crippen LogP) is 4.64. The van der Waals surface area contributed by atoms with Crippen LogP contribution < -0.4 is 5.73 Å². The van der Waals surface area contributed by atoms with Crippen molar-refractivity contribution in [2.75, 3.05) is 5.73 Å². The second-order valence-corrected chi connectivity index (χ2v) is 6.89. The molecule has 3 nitrogen and oxygen atoms in total. The van der Waals surface area contributed by atoms with Crippen LogP contribution in [0.4, 0.5) is 5.82 Å². The number of anilines is 1. The average molecular weight is 299 g/mol. The van der Waals surface area contributed by atoms with Crippen molar-refractivity contribution in [3.63, 3.8) is 0 Å². The molecule has 0 unspecified atom stereocenters. The summed E-state index contributed by atoms with van der Waals surface area (Å²) in [6.07, 6.45) is 1.06. The third kappa shape index (κ3) is 2.23. The Balaban J connectivity index is 2.22. The highest BCUT2D eigenvalue weighted by Gasteiger charge is 2.19. The summed E-state index contributed by atoms with van der Waals surface area (Å²) < 4.78 is 2.11. The fraction of sp³-hybridized carbons (Fsp3) is 0.353. The van der Waals surface area contributed by atoms with Crippen LogP contribution in [0.15, 0.2) is 24.3 Å². The minimum atomic E-state index is 0.340. The van der Waals surface area contributed by atoms with Gasteiger partial charge in [0.1, 0.15) is 5.82 Å². The average Bonchev–Trinajstić information content (AvgIpc) is 2.95. The second kappa shape index (κ2) is 5.19. The van der Waals surface area contributed by atoms with Gasteiger partial charge in [-0.25, -0.2) is 4.98 Å². The third-order valence-corrected chi connectivity index (χ3v) is 4.85. The topological polar surface area (TPSA) is 43.3 Å². The van der Waals surface area contributed by atoms with Gasteiger partial charge in [0, 0.05) is 4.88 Å². The fourth-order valence-corrected chi connectivity index (χ4v) is 3.72. The molecule has 0 saturated heterocycles. The molecule has 0 atom stereocenters. The monoisotopic (exact) mass is 299 g/mol. The van der Waals surface area contributed by atoms with Crippen LogP contribution in [-0.2, 0) is 6.42 Å². The van der Waals surface area contributed by atoms with Crippen LogP contribution in [-0.4, -0.2) is 9.38 Å². The quantitative estimate of drug-likeness (QED) is 0.765. The zero-order valence-corrected chi connectivity index (χ0v) is 13.8. The highest BCUT2D eigenvalue weighted by atomic mass is 32.1. The number of fused-ring (bicyclic) bond motifs is 1. The summed E-state index contributed by atoms with van der Waals surface area (Å²) >= 11 is 1.71. The van der Waals surface area contributed by atoms with E-state index in [0.717, 1.165) is 22.9 Å². The fourth-order valence-electron chi connectivity index (χ4n) is 2.71. The van der Waals surface area contributed by atoms with Gasteiger partial charge in [-0.05, 0) is 30.4 Å². The van der Waals surface area contributed by atoms with E-state index in [9.17, 15) is 0 Å². The lowest BCUT2D eigenvalue weighted by molar-refractivity contribution is 0.838. The predicted molar refractivity (Wildman–Crippen MR) is 91.1 cm³/mol. The van der Waals surface area contributed by atoms with Gasteiger partial charge in [-0.1, -0.05) is 45.0 Å². The van der Waals surface area contributed by atoms with Gasteiger partial charge in [0.15, 0.2) is 4.96 Å². The first-order chi connectivity index (χ1) is 10.0. The van der Waals surface area contributed by atoms with E-state index in [4.69, 9.17) is 10.7 Å². The molecule has 21 heavy (non-hydrogen) atoms. The van der Waals surface area contributed by atoms with E-state index in [1.165, 1.54) is 21.7 Å². The van der Waals surface area contributed by atoms with E-state index in [1.54, 1.807) is 11.3 Å². The lowest BCUT2D eigenvalue weighted by atomic mass is 10.1. The molecule has 0 fully saturated rings. The molecule has 2 N–H and O–H groups in total. The molecule has 0 radical (unpaired) electrons. The molecule has 0 aliphatic carbocycles. The summed E-state index contributed by atoms with van der Waals surface area (Å²) in [6.45, 7) is 8.57. The maximum atomic E-state index is 6.35. The van der Waals surface area contributed by atoms with Crippen LogP contribution in [0.5, 0.6) is 0 Å². The van der Waals surface area contributed by atoms with Crippen LogP contribution in [0.3, 0.4) is 0 Å². The zero-order valence-electron chi connectivity index (χ0n) is 13.0. The Kier molecular flexibility index (Phi) is 3.49. The zero-order chi connectivity index (χ0) is 15.1. The highest BCUT2D eigenvalue weighted by molar-refractivity contribution is 7.17. The molecule has 1 aromatic carbocycles. The summed E-state index contributed by atoms with van der Waals surface area (Å²) in [5.41, 5.74) is 11.1. The number of hydrogen-bond acceptors (Lipinski definition) is 3. The summed E-state index contributed by atoms with van der Waals surface area (Å²) in [4.78, 5) is 6.95. The smallest absolute Gasteiger partial charge is 0.196 e. The summed E-state index contributed by atoms with van der Waals surface area (Å²) in [6, 6.07) is 8.74. The number of nitrogens with zero attached hydrogens (tertiary/aromatic N) is 2. The largest absolute Gasteiger partial charge is 0.383 e. The normalized spacial score (nSPS) is 11.7. The van der Waals surface area contributed by atoms with Crippen LogP contribution >= 0.6 is 11.3 Å². The van der Waals surface area contributed by atoms with Gasteiger partial charge in [-0.2, -0.15) is 0 Å². The van der Waals surface area contributed by atoms with Crippen LogP contribution in [0.1, 0.15) is 42.8 Å². The van der Waals surface area contributed by atoms with Gasteiger partial charge in [0.25, 0.3) is 0 Å². The molecule has 0 aliphatic rings. The molecule has 0 spiro atoms. The van der Waals surface area contributed by atoms with Crippen molar-refractivity contribution in [3.05, 3.63) is 40.4 Å². The van der Waals surface area contributed by atoms with Gasteiger partial charge >= 0.3 is 0 Å². The molecule has 0 aliphatic heterocycles. The Hall–Kier alpha value is -1.81. The molecular formula is C17H21N3S. The first kappa shape index (κ1) is 14.1. The van der Waals surface area contributed by atoms with Gasteiger partial charge in [0.05, 0.1) is 11.4 Å². The maximum absolute atomic E-state index is 6.35. The Bertz CT molecular complexity index is 779. The van der Waals surface area contributed by atoms with Crippen molar-refractivity contribution in [3.8, 4) is 11.3 Å². The number of thiazole rings is 1. The van der Waals surface area contributed by atoms with E-state index in [0.29, 0.717) is 5.92 Å². The SMILES string of the molecule is CCc1ccc(-c2c(C)sc3nc(C(C)C)c(N)n23)cc1. The van der Waals surface area contributed by atoms with E-state index in [-0.39, 0.29) is 0 Å². The number of nitrogens with two attached hydrogens (primary N) is 1. The number of benzene rings is 1. The van der Waals surface area contributed by atoms with Crippen molar-refractivity contribution in [1.82, 2.24) is 9.38 Å². The van der Waals surface area contributed by atoms with E-state index in [1.807, 2.05) is 0 Å². The van der Waals surface area contributed by atoms with Crippen LogP contribution in [0.2, 0.25) is 0 Å². The third-order valence-electron chi connectivity index (χ3n) is 3.89. The van der Waals surface area contributed by atoms with E-state index < -0.39 is 0 Å². The first-order valence-electron chi connectivity index (χ1n) is 7.39. The maximum Gasteiger partial charge on any atom is 0.196 e. The molecule has 4 heteroatoms. The van der Waals surface area contributed by atoms with Gasteiger partial charge in [-0.15, -0.1) is 11.3 Å². The molecule has 110 valence electrons. The minimum Gasteiger partial charge on any atom is -0.383 e. The van der Waals surface area contributed by atoms with Crippen LogP contribution in [0.25, 0.3) is 16.2 Å². The number of aryl methyl sites for hydroxylation is 2. The summed E-state index contributed by atoms with van der Waals surface area (Å²) in [5, 5.41) is 0. The Labute approximate surface area is 129 Å². The number of aromatic nitrogens is 2. The molecule has 0 bridgehead atoms. The molecule has 0 saturated carbocycles. The lowest BCUT2D eigenvalue weighted by Gasteiger charge is -2.07. The minimum absolute atomic E-state index is 0.340. The molecule has 0 amide bonds. The first-order valence-corrected chi connectivity index (χ1v) is 8.21. The number of nitrogen functional groups attached to an aromatic ring is 1. The molecule has 3 aromatic rings. The molecule has 2 aromatic heterocycles. The second-order valence-electron chi connectivity index (χ2n) is 5.71. The van der Waals surface area contributed by atoms with E-state index >= 15 is 0 Å². The van der Waals surface area contributed by atoms with Crippen molar-refractivity contribution >= 4 is 22.1 Å². The standard InChI is InChI=1S/C17H21N3S/c1-5-12-6-8-13(9-7-12)15-11(4)21-17-19-14(10(2)3)16(18)20(15)17/h6-10H,5,18H2,1-4H3. The van der Waals surface area contributed by atoms with Gasteiger partial charge < -0.3 is 5.73 Å². The summed E-state index contributed by atoms with van der Waals surface area (Å²) in [7, 11) is 0. The number of rotatable bonds is 3. The lowest BCUT2D eigenvalue weighted by Crippen LogP contribution is -1.99. The molecular weight excluding hydrogens is 278 g/mol. The van der Waals surface area contributed by atoms with Crippen molar-refractivity contribution < 1.29 is 0 Å². The number of imidazole rings is 1. The van der Waals surface area contributed by atoms with Gasteiger partial charge in [-0.3, -0.25) is 4.40 Å². The number of hydrogen-bond donors (Lipinski definition) is 1. The Morgan fingerprint density at radius 3 is 2.48 bits per heavy atom. The van der Waals surface area contributed by atoms with Crippen molar-refractivity contribution in [2.45, 2.75) is 40.0 Å². The van der Waals surface area contributed by atoms with Crippen LogP contribution in [0, 0.1) is 6.92 Å². The van der Waals surface area contributed by atoms with Gasteiger partial charge in [0.2, 0.25) is 0 Å². The highest BCUT2D eigenvalue weighted by Crippen LogP contribution is 2.36. The van der Waals surface area contributed by atoms with Crippen molar-refractivity contribution in [1.29, 1.82) is 0 Å². The Morgan fingerprint density at radius 1 is 1.24 bits per heavy atom. The van der Waals surface area contributed by atoms with E-state index in [2.05, 4.69) is 56.4 Å². The Morgan fingerprint density at radius 2 is 1.90 bits per heavy atom. The molecule has 3 rings (SSSR count).